The molecule has 3 N–H and O–H groups in total. The van der Waals surface area contributed by atoms with Crippen molar-refractivity contribution < 1.29 is 33.8 Å². The molecule has 2 aromatic carbocycles. The molecule has 2 atom stereocenters. The van der Waals surface area contributed by atoms with E-state index in [1.165, 1.54) is 5.56 Å². The largest absolute Gasteiger partial charge is 0.491 e. The van der Waals surface area contributed by atoms with Gasteiger partial charge in [-0.3, -0.25) is 14.4 Å². The number of rotatable bonds is 14. The Kier molecular flexibility index (Phi) is 11.6. The number of likely N-dealkylation sites (tertiary alicyclic amines) is 1. The Hall–Kier alpha value is -4.08. The number of hydrogen-bond acceptors (Lipinski definition) is 6. The van der Waals surface area contributed by atoms with Gasteiger partial charge >= 0.3 is 12.1 Å². The summed E-state index contributed by atoms with van der Waals surface area (Å²) in [6, 6.07) is 16.8. The molecule has 3 rings (SSSR count). The maximum atomic E-state index is 13.0. The minimum Gasteiger partial charge on any atom is -0.491 e. The average Bonchev–Trinajstić information content (AvgIpc) is 3.19. The molecule has 1 fully saturated rings. The van der Waals surface area contributed by atoms with E-state index in [0.717, 1.165) is 12.8 Å². The highest BCUT2D eigenvalue weighted by atomic mass is 16.6. The first-order valence-corrected chi connectivity index (χ1v) is 14.1. The first-order chi connectivity index (χ1) is 19.5. The van der Waals surface area contributed by atoms with Gasteiger partial charge in [-0.2, -0.15) is 0 Å². The van der Waals surface area contributed by atoms with Crippen LogP contribution < -0.4 is 15.4 Å². The third-order valence-corrected chi connectivity index (χ3v) is 6.59. The minimum absolute atomic E-state index is 0.131. The molecule has 0 radical (unpaired) electrons. The number of carbonyl (C=O) groups is 4. The van der Waals surface area contributed by atoms with E-state index in [4.69, 9.17) is 9.47 Å². The molecule has 3 amide bonds. The van der Waals surface area contributed by atoms with E-state index in [2.05, 4.69) is 22.8 Å². The summed E-state index contributed by atoms with van der Waals surface area (Å²) in [5, 5.41) is 14.7. The molecule has 1 heterocycles. The summed E-state index contributed by atoms with van der Waals surface area (Å²) >= 11 is 0. The number of ether oxygens (including phenoxy) is 2. The van der Waals surface area contributed by atoms with Crippen molar-refractivity contribution in [3.05, 3.63) is 60.2 Å². The van der Waals surface area contributed by atoms with Crippen LogP contribution in [0.3, 0.4) is 0 Å². The summed E-state index contributed by atoms with van der Waals surface area (Å²) in [6.07, 6.45) is 2.05. The molecule has 0 spiro atoms. The van der Waals surface area contributed by atoms with Crippen LogP contribution in [0.1, 0.15) is 58.4 Å². The third kappa shape index (κ3) is 11.1. The smallest absolute Gasteiger partial charge is 0.407 e. The summed E-state index contributed by atoms with van der Waals surface area (Å²) in [4.78, 5) is 50.0. The molecular weight excluding hydrogens is 526 g/mol. The van der Waals surface area contributed by atoms with Crippen molar-refractivity contribution in [1.82, 2.24) is 10.2 Å². The van der Waals surface area contributed by atoms with E-state index in [-0.39, 0.29) is 37.3 Å². The van der Waals surface area contributed by atoms with Crippen LogP contribution in [0.25, 0.3) is 0 Å². The summed E-state index contributed by atoms with van der Waals surface area (Å²) in [7, 11) is 0. The Morgan fingerprint density at radius 2 is 1.73 bits per heavy atom. The highest BCUT2D eigenvalue weighted by Gasteiger charge is 2.40. The van der Waals surface area contributed by atoms with Crippen LogP contribution in [0.5, 0.6) is 5.75 Å². The van der Waals surface area contributed by atoms with Gasteiger partial charge in [0.1, 0.15) is 18.0 Å². The van der Waals surface area contributed by atoms with E-state index in [1.807, 2.05) is 18.2 Å². The number of carbonyl (C=O) groups excluding carboxylic acids is 3. The van der Waals surface area contributed by atoms with Gasteiger partial charge in [-0.1, -0.05) is 30.3 Å². The zero-order chi connectivity index (χ0) is 29.8. The summed E-state index contributed by atoms with van der Waals surface area (Å²) in [5.74, 6) is -1.25. The van der Waals surface area contributed by atoms with Crippen LogP contribution in [0.15, 0.2) is 54.6 Å². The molecule has 0 unspecified atom stereocenters. The monoisotopic (exact) mass is 567 g/mol. The highest BCUT2D eigenvalue weighted by Crippen LogP contribution is 2.29. The molecular formula is C31H41N3O7. The molecule has 222 valence electrons. The van der Waals surface area contributed by atoms with Crippen LogP contribution in [0, 0.1) is 5.92 Å². The SMILES string of the molecule is CC(C)(C)OC(=O)NCCCC(=O)Nc1ccc(OC[C@@H]2C[C@@H](CC(=O)O)C(=O)N2CCCc2ccccc2)cc1. The molecule has 0 aromatic heterocycles. The van der Waals surface area contributed by atoms with Gasteiger partial charge in [0.15, 0.2) is 0 Å². The zero-order valence-corrected chi connectivity index (χ0v) is 24.1. The topological polar surface area (TPSA) is 134 Å². The lowest BCUT2D eigenvalue weighted by molar-refractivity contribution is -0.142. The summed E-state index contributed by atoms with van der Waals surface area (Å²) < 4.78 is 11.1. The number of carboxylic acid groups (broad SMARTS) is 1. The van der Waals surface area contributed by atoms with Gasteiger partial charge in [-0.15, -0.1) is 0 Å². The van der Waals surface area contributed by atoms with Gasteiger partial charge in [-0.05, 0) is 76.3 Å². The van der Waals surface area contributed by atoms with Crippen LogP contribution >= 0.6 is 0 Å². The van der Waals surface area contributed by atoms with Crippen LogP contribution in [-0.4, -0.2) is 65.2 Å². The average molecular weight is 568 g/mol. The molecule has 0 saturated carbocycles. The van der Waals surface area contributed by atoms with E-state index < -0.39 is 23.6 Å². The Bertz CT molecular complexity index is 1160. The number of alkyl carbamates (subject to hydrolysis) is 1. The van der Waals surface area contributed by atoms with Gasteiger partial charge in [0, 0.05) is 25.2 Å². The highest BCUT2D eigenvalue weighted by molar-refractivity contribution is 5.90. The first kappa shape index (κ1) is 31.4. The molecule has 1 aliphatic heterocycles. The fraction of sp³-hybridized carbons (Fsp3) is 0.484. The van der Waals surface area contributed by atoms with Crippen LogP contribution in [0.2, 0.25) is 0 Å². The predicted molar refractivity (Wildman–Crippen MR) is 155 cm³/mol. The molecule has 0 bridgehead atoms. The number of benzene rings is 2. The fourth-order valence-corrected chi connectivity index (χ4v) is 4.71. The number of nitrogens with one attached hydrogen (secondary N) is 2. The molecule has 1 saturated heterocycles. The third-order valence-electron chi connectivity index (χ3n) is 6.59. The summed E-state index contributed by atoms with van der Waals surface area (Å²) in [6.45, 7) is 6.47. The van der Waals surface area contributed by atoms with Gasteiger partial charge in [-0.25, -0.2) is 4.79 Å². The van der Waals surface area contributed by atoms with Crippen molar-refractivity contribution >= 4 is 29.6 Å². The Morgan fingerprint density at radius 3 is 2.39 bits per heavy atom. The Balaban J connectivity index is 1.45. The van der Waals surface area contributed by atoms with Crippen molar-refractivity contribution in [3.8, 4) is 5.75 Å². The fourth-order valence-electron chi connectivity index (χ4n) is 4.71. The van der Waals surface area contributed by atoms with Crippen molar-refractivity contribution in [2.24, 2.45) is 5.92 Å². The van der Waals surface area contributed by atoms with E-state index in [0.29, 0.717) is 37.4 Å². The maximum Gasteiger partial charge on any atom is 0.407 e. The van der Waals surface area contributed by atoms with Gasteiger partial charge in [0.25, 0.3) is 0 Å². The second kappa shape index (κ2) is 15.1. The molecule has 0 aliphatic carbocycles. The van der Waals surface area contributed by atoms with E-state index >= 15 is 0 Å². The zero-order valence-electron chi connectivity index (χ0n) is 24.1. The number of nitrogens with zero attached hydrogens (tertiary/aromatic N) is 1. The maximum absolute atomic E-state index is 13.0. The predicted octanol–water partition coefficient (Wildman–Crippen LogP) is 4.63. The number of hydrogen-bond donors (Lipinski definition) is 3. The number of aliphatic carboxylic acids is 1. The first-order valence-electron chi connectivity index (χ1n) is 14.1. The lowest BCUT2D eigenvalue weighted by Gasteiger charge is -2.25. The standard InChI is InChI=1S/C31H41N3O7/c1-31(2,3)41-30(39)32-17-7-12-27(35)33-24-13-15-26(16-14-24)40-21-25-19-23(20-28(36)37)29(38)34(25)18-8-11-22-9-5-4-6-10-22/h4-6,9-10,13-16,23,25H,7-8,11-12,17-21H2,1-3H3,(H,32,39)(H,33,35)(H,36,37)/t23-,25-/m0/s1. The number of amides is 3. The van der Waals surface area contributed by atoms with Crippen molar-refractivity contribution in [1.29, 1.82) is 0 Å². The summed E-state index contributed by atoms with van der Waals surface area (Å²) in [5.41, 5.74) is 1.23. The molecule has 1 aliphatic rings. The van der Waals surface area contributed by atoms with E-state index in [9.17, 15) is 24.3 Å². The van der Waals surface area contributed by atoms with Crippen molar-refractivity contribution in [2.75, 3.05) is 25.0 Å². The van der Waals surface area contributed by atoms with Gasteiger partial charge in [0.05, 0.1) is 18.4 Å². The van der Waals surface area contributed by atoms with Crippen molar-refractivity contribution in [3.63, 3.8) is 0 Å². The van der Waals surface area contributed by atoms with Crippen LogP contribution in [0.4, 0.5) is 10.5 Å². The second-order valence-electron chi connectivity index (χ2n) is 11.2. The minimum atomic E-state index is -0.980. The lowest BCUT2D eigenvalue weighted by atomic mass is 10.0. The van der Waals surface area contributed by atoms with Gasteiger partial charge in [0.2, 0.25) is 11.8 Å². The Labute approximate surface area is 241 Å². The lowest BCUT2D eigenvalue weighted by Crippen LogP contribution is -2.38. The quantitative estimate of drug-likeness (QED) is 0.283. The molecule has 41 heavy (non-hydrogen) atoms. The number of aryl methyl sites for hydroxylation is 1. The van der Waals surface area contributed by atoms with E-state index in [1.54, 1.807) is 49.9 Å². The normalized spacial score (nSPS) is 16.8. The second-order valence-corrected chi connectivity index (χ2v) is 11.2. The molecule has 10 heteroatoms. The molecule has 2 aromatic rings. The van der Waals surface area contributed by atoms with Crippen LogP contribution in [-0.2, 0) is 25.5 Å². The van der Waals surface area contributed by atoms with Gasteiger partial charge < -0.3 is 30.1 Å². The van der Waals surface area contributed by atoms with Crippen molar-refractivity contribution in [2.45, 2.75) is 70.9 Å². The molecule has 10 nitrogen and oxygen atoms in total. The number of anilines is 1. The Morgan fingerprint density at radius 1 is 1.02 bits per heavy atom. The number of carboxylic acids is 1.